The smallest absolute Gasteiger partial charge is 0.313 e. The van der Waals surface area contributed by atoms with Crippen LogP contribution in [0.5, 0.6) is 0 Å². The van der Waals surface area contributed by atoms with Gasteiger partial charge in [0.15, 0.2) is 0 Å². The Bertz CT molecular complexity index is 668. The lowest BCUT2D eigenvalue weighted by Gasteiger charge is -2.33. The summed E-state index contributed by atoms with van der Waals surface area (Å²) < 4.78 is 0. The number of amides is 3. The van der Waals surface area contributed by atoms with E-state index in [-0.39, 0.29) is 6.04 Å². The molecular weight excluding hydrogens is 318 g/mol. The summed E-state index contributed by atoms with van der Waals surface area (Å²) in [5, 5.41) is 2.60. The van der Waals surface area contributed by atoms with Crippen LogP contribution in [0.4, 0.5) is 5.69 Å². The number of likely N-dealkylation sites (tertiary alicyclic amines) is 1. The van der Waals surface area contributed by atoms with E-state index < -0.39 is 17.7 Å². The van der Waals surface area contributed by atoms with Gasteiger partial charge in [-0.15, -0.1) is 0 Å². The molecule has 3 rings (SSSR count). The molecule has 1 saturated carbocycles. The molecule has 1 unspecified atom stereocenters. The van der Waals surface area contributed by atoms with Gasteiger partial charge in [0.2, 0.25) is 5.91 Å². The molecule has 25 heavy (non-hydrogen) atoms. The van der Waals surface area contributed by atoms with Crippen LogP contribution in [-0.2, 0) is 9.59 Å². The minimum atomic E-state index is -0.649. The Balaban J connectivity index is 1.66. The first kappa shape index (κ1) is 17.5. The summed E-state index contributed by atoms with van der Waals surface area (Å²) in [6.45, 7) is 0.648. The van der Waals surface area contributed by atoms with E-state index in [9.17, 15) is 14.4 Å². The second kappa shape index (κ2) is 7.68. The maximum atomic E-state index is 12.6. The molecule has 1 saturated heterocycles. The average Bonchev–Trinajstić information content (AvgIpc) is 3.11. The molecule has 0 spiro atoms. The number of hydrogen-bond donors (Lipinski definition) is 2. The van der Waals surface area contributed by atoms with Gasteiger partial charge in [-0.25, -0.2) is 0 Å². The van der Waals surface area contributed by atoms with Crippen molar-refractivity contribution >= 4 is 23.4 Å². The monoisotopic (exact) mass is 343 g/mol. The molecule has 1 aliphatic carbocycles. The molecule has 3 N–H and O–H groups in total. The lowest BCUT2D eigenvalue weighted by molar-refractivity contribution is -0.144. The SMILES string of the molecule is NC(=O)c1cccc(NC(=O)C(=O)N2CCCC2C2CCCCC2)c1. The van der Waals surface area contributed by atoms with Gasteiger partial charge in [0, 0.05) is 23.8 Å². The van der Waals surface area contributed by atoms with Crippen LogP contribution in [0, 0.1) is 5.92 Å². The summed E-state index contributed by atoms with van der Waals surface area (Å²) >= 11 is 0. The Hall–Kier alpha value is -2.37. The van der Waals surface area contributed by atoms with Gasteiger partial charge in [-0.1, -0.05) is 25.3 Å². The lowest BCUT2D eigenvalue weighted by Crippen LogP contribution is -2.45. The van der Waals surface area contributed by atoms with Crippen molar-refractivity contribution in [1.82, 2.24) is 4.90 Å². The Morgan fingerprint density at radius 2 is 1.80 bits per heavy atom. The number of nitrogens with one attached hydrogen (secondary N) is 1. The third kappa shape index (κ3) is 4.00. The highest BCUT2D eigenvalue weighted by molar-refractivity contribution is 6.39. The predicted octanol–water partition coefficient (Wildman–Crippen LogP) is 2.30. The number of nitrogens with zero attached hydrogens (tertiary/aromatic N) is 1. The zero-order valence-electron chi connectivity index (χ0n) is 14.4. The van der Waals surface area contributed by atoms with Crippen molar-refractivity contribution in [2.24, 2.45) is 11.7 Å². The molecule has 0 radical (unpaired) electrons. The first-order chi connectivity index (χ1) is 12.1. The predicted molar refractivity (Wildman–Crippen MR) is 94.9 cm³/mol. The van der Waals surface area contributed by atoms with Gasteiger partial charge in [-0.2, -0.15) is 0 Å². The van der Waals surface area contributed by atoms with E-state index in [0.717, 1.165) is 25.7 Å². The summed E-state index contributed by atoms with van der Waals surface area (Å²) in [7, 11) is 0. The normalized spacial score (nSPS) is 21.1. The number of benzene rings is 1. The van der Waals surface area contributed by atoms with Crippen LogP contribution in [0.3, 0.4) is 0 Å². The van der Waals surface area contributed by atoms with E-state index in [4.69, 9.17) is 5.73 Å². The summed E-state index contributed by atoms with van der Waals surface area (Å²) in [6.07, 6.45) is 7.95. The van der Waals surface area contributed by atoms with Gasteiger partial charge in [-0.3, -0.25) is 14.4 Å². The molecule has 6 heteroatoms. The summed E-state index contributed by atoms with van der Waals surface area (Å²) in [4.78, 5) is 38.0. The van der Waals surface area contributed by atoms with Gasteiger partial charge >= 0.3 is 11.8 Å². The molecule has 6 nitrogen and oxygen atoms in total. The van der Waals surface area contributed by atoms with Crippen LogP contribution in [0.15, 0.2) is 24.3 Å². The minimum absolute atomic E-state index is 0.190. The quantitative estimate of drug-likeness (QED) is 0.825. The van der Waals surface area contributed by atoms with E-state index in [1.165, 1.54) is 25.3 Å². The van der Waals surface area contributed by atoms with Gasteiger partial charge in [0.05, 0.1) is 0 Å². The largest absolute Gasteiger partial charge is 0.366 e. The van der Waals surface area contributed by atoms with Crippen molar-refractivity contribution < 1.29 is 14.4 Å². The number of rotatable bonds is 3. The van der Waals surface area contributed by atoms with E-state index >= 15 is 0 Å². The van der Waals surface area contributed by atoms with Gasteiger partial charge < -0.3 is 16.0 Å². The summed E-state index contributed by atoms with van der Waals surface area (Å²) in [5.74, 6) is -1.17. The highest BCUT2D eigenvalue weighted by Crippen LogP contribution is 2.34. The first-order valence-corrected chi connectivity index (χ1v) is 9.08. The summed E-state index contributed by atoms with van der Waals surface area (Å²) in [6, 6.07) is 6.51. The molecule has 2 aliphatic rings. The maximum absolute atomic E-state index is 12.6. The van der Waals surface area contributed by atoms with Crippen LogP contribution < -0.4 is 11.1 Å². The molecule has 0 aromatic heterocycles. The van der Waals surface area contributed by atoms with Gasteiger partial charge in [0.1, 0.15) is 0 Å². The number of primary amides is 1. The minimum Gasteiger partial charge on any atom is -0.366 e. The first-order valence-electron chi connectivity index (χ1n) is 9.08. The molecular formula is C19H25N3O3. The zero-order chi connectivity index (χ0) is 17.8. The number of nitrogens with two attached hydrogens (primary N) is 1. The molecule has 2 fully saturated rings. The summed E-state index contributed by atoms with van der Waals surface area (Å²) in [5.41, 5.74) is 5.95. The standard InChI is InChI=1S/C19H25N3O3/c20-17(23)14-8-4-9-15(12-14)21-18(24)19(25)22-11-5-10-16(22)13-6-2-1-3-7-13/h4,8-9,12-13,16H,1-3,5-7,10-11H2,(H2,20,23)(H,21,24). The second-order valence-electron chi connectivity index (χ2n) is 7.01. The van der Waals surface area contributed by atoms with Crippen molar-refractivity contribution in [2.75, 3.05) is 11.9 Å². The number of carbonyl (C=O) groups excluding carboxylic acids is 3. The molecule has 1 aromatic rings. The van der Waals surface area contributed by atoms with Gasteiger partial charge in [-0.05, 0) is 49.8 Å². The van der Waals surface area contributed by atoms with Crippen molar-refractivity contribution in [2.45, 2.75) is 51.0 Å². The molecule has 3 amide bonds. The fraction of sp³-hybridized carbons (Fsp3) is 0.526. The Labute approximate surface area is 147 Å². The highest BCUT2D eigenvalue weighted by atomic mass is 16.2. The third-order valence-corrected chi connectivity index (χ3v) is 5.35. The third-order valence-electron chi connectivity index (χ3n) is 5.35. The van der Waals surface area contributed by atoms with Crippen LogP contribution in [0.1, 0.15) is 55.3 Å². The number of anilines is 1. The van der Waals surface area contributed by atoms with E-state index in [2.05, 4.69) is 5.32 Å². The number of hydrogen-bond acceptors (Lipinski definition) is 3. The Morgan fingerprint density at radius 1 is 1.04 bits per heavy atom. The molecule has 1 atom stereocenters. The van der Waals surface area contributed by atoms with Crippen LogP contribution in [0.2, 0.25) is 0 Å². The lowest BCUT2D eigenvalue weighted by atomic mass is 9.83. The highest BCUT2D eigenvalue weighted by Gasteiger charge is 2.37. The number of carbonyl (C=O) groups is 3. The van der Waals surface area contributed by atoms with Crippen LogP contribution in [0.25, 0.3) is 0 Å². The van der Waals surface area contributed by atoms with Crippen LogP contribution in [-0.4, -0.2) is 35.2 Å². The van der Waals surface area contributed by atoms with Gasteiger partial charge in [0.25, 0.3) is 0 Å². The topological polar surface area (TPSA) is 92.5 Å². The Morgan fingerprint density at radius 3 is 2.52 bits per heavy atom. The van der Waals surface area contributed by atoms with Crippen molar-refractivity contribution in [3.63, 3.8) is 0 Å². The molecule has 1 aliphatic heterocycles. The molecule has 1 aromatic carbocycles. The van der Waals surface area contributed by atoms with Crippen molar-refractivity contribution in [3.8, 4) is 0 Å². The second-order valence-corrected chi connectivity index (χ2v) is 7.01. The molecule has 134 valence electrons. The van der Waals surface area contributed by atoms with E-state index in [0.29, 0.717) is 23.7 Å². The fourth-order valence-corrected chi connectivity index (χ4v) is 4.12. The molecule has 0 bridgehead atoms. The van der Waals surface area contributed by atoms with E-state index in [1.807, 2.05) is 0 Å². The molecule has 1 heterocycles. The average molecular weight is 343 g/mol. The van der Waals surface area contributed by atoms with Crippen molar-refractivity contribution in [1.29, 1.82) is 0 Å². The van der Waals surface area contributed by atoms with Crippen LogP contribution >= 0.6 is 0 Å². The Kier molecular flexibility index (Phi) is 5.36. The van der Waals surface area contributed by atoms with E-state index in [1.54, 1.807) is 23.1 Å². The maximum Gasteiger partial charge on any atom is 0.313 e. The fourth-order valence-electron chi connectivity index (χ4n) is 4.12. The zero-order valence-corrected chi connectivity index (χ0v) is 14.4. The van der Waals surface area contributed by atoms with Crippen molar-refractivity contribution in [3.05, 3.63) is 29.8 Å².